The van der Waals surface area contributed by atoms with E-state index in [1.807, 2.05) is 0 Å². The van der Waals surface area contributed by atoms with Crippen LogP contribution in [0.2, 0.25) is 0 Å². The van der Waals surface area contributed by atoms with Gasteiger partial charge in [-0.1, -0.05) is 170 Å². The molecule has 6 aromatic carbocycles. The highest BCUT2D eigenvalue weighted by molar-refractivity contribution is 5.75. The van der Waals surface area contributed by atoms with Crippen molar-refractivity contribution in [3.8, 4) is 0 Å². The summed E-state index contributed by atoms with van der Waals surface area (Å²) < 4.78 is 0. The molecule has 7 rings (SSSR count). The zero-order valence-electron chi connectivity index (χ0n) is 21.2. The highest BCUT2D eigenvalue weighted by Gasteiger charge is 2.53. The number of fused-ring (bicyclic) bond motifs is 2. The van der Waals surface area contributed by atoms with Gasteiger partial charge < -0.3 is 0 Å². The molecule has 0 aliphatic heterocycles. The second-order valence-corrected chi connectivity index (χ2v) is 10.1. The predicted octanol–water partition coefficient (Wildman–Crippen LogP) is 8.77. The Morgan fingerprint density at radius 2 is 0.395 bits per heavy atom. The van der Waals surface area contributed by atoms with Crippen LogP contribution in [-0.2, 0) is 10.8 Å². The van der Waals surface area contributed by atoms with Gasteiger partial charge >= 0.3 is 0 Å². The summed E-state index contributed by atoms with van der Waals surface area (Å²) in [7, 11) is 0. The van der Waals surface area contributed by atoms with Gasteiger partial charge in [-0.15, -0.1) is 0 Å². The summed E-state index contributed by atoms with van der Waals surface area (Å²) in [5.74, 6) is 0. The van der Waals surface area contributed by atoms with Crippen LogP contribution in [0.1, 0.15) is 44.5 Å². The van der Waals surface area contributed by atoms with Gasteiger partial charge in [0.05, 0.1) is 10.8 Å². The molecule has 6 aromatic rings. The molecule has 0 saturated heterocycles. The standard InChI is InChI=1S/C38H28/c1-5-17-29(18-6-1)37(30-19-7-2-8-20-30)33-25-13-15-27-35(33)38(31-21-9-3-10-22-31,32-23-11-4-12-24-32)36-28-16-14-26-34(36)37/h1-28H. The van der Waals surface area contributed by atoms with Crippen LogP contribution in [0.15, 0.2) is 170 Å². The van der Waals surface area contributed by atoms with Crippen molar-refractivity contribution in [2.75, 3.05) is 0 Å². The monoisotopic (exact) mass is 484 g/mol. The van der Waals surface area contributed by atoms with E-state index in [1.54, 1.807) is 0 Å². The minimum Gasteiger partial charge on any atom is -0.0622 e. The van der Waals surface area contributed by atoms with Crippen molar-refractivity contribution in [2.45, 2.75) is 10.8 Å². The van der Waals surface area contributed by atoms with Gasteiger partial charge in [0.25, 0.3) is 0 Å². The number of benzene rings is 6. The third-order valence-electron chi connectivity index (χ3n) is 8.30. The summed E-state index contributed by atoms with van der Waals surface area (Å²) in [6, 6.07) is 62.3. The van der Waals surface area contributed by atoms with Crippen LogP contribution in [0.4, 0.5) is 0 Å². The van der Waals surface area contributed by atoms with Crippen LogP contribution >= 0.6 is 0 Å². The van der Waals surface area contributed by atoms with Crippen molar-refractivity contribution in [3.05, 3.63) is 214 Å². The van der Waals surface area contributed by atoms with Gasteiger partial charge in [0, 0.05) is 0 Å². The summed E-state index contributed by atoms with van der Waals surface area (Å²) in [5.41, 5.74) is 9.49. The maximum absolute atomic E-state index is 2.35. The SMILES string of the molecule is c1ccc(C2(c3ccccc3)c3ccccc3C(c3ccccc3)(c3ccccc3)c3ccccc32)cc1. The van der Waals surface area contributed by atoms with E-state index in [4.69, 9.17) is 0 Å². The Kier molecular flexibility index (Phi) is 5.34. The van der Waals surface area contributed by atoms with Crippen LogP contribution in [0.25, 0.3) is 0 Å². The molecule has 1 aliphatic carbocycles. The molecule has 0 heteroatoms. The van der Waals surface area contributed by atoms with E-state index in [2.05, 4.69) is 170 Å². The first-order valence-corrected chi connectivity index (χ1v) is 13.3. The van der Waals surface area contributed by atoms with Crippen LogP contribution in [0.3, 0.4) is 0 Å². The van der Waals surface area contributed by atoms with Gasteiger partial charge in [-0.25, -0.2) is 0 Å². The molecule has 0 unspecified atom stereocenters. The average molecular weight is 485 g/mol. The van der Waals surface area contributed by atoms with Gasteiger partial charge in [0.15, 0.2) is 0 Å². The fourth-order valence-corrected chi connectivity index (χ4v) is 6.89. The van der Waals surface area contributed by atoms with E-state index in [1.165, 1.54) is 44.5 Å². The largest absolute Gasteiger partial charge is 0.0708 e. The molecule has 0 N–H and O–H groups in total. The van der Waals surface area contributed by atoms with Crippen LogP contribution in [-0.4, -0.2) is 0 Å². The minimum absolute atomic E-state index is 0.456. The molecule has 0 aromatic heterocycles. The lowest BCUT2D eigenvalue weighted by atomic mass is 9.50. The molecule has 0 atom stereocenters. The van der Waals surface area contributed by atoms with E-state index < -0.39 is 10.8 Å². The third-order valence-corrected chi connectivity index (χ3v) is 8.30. The average Bonchev–Trinajstić information content (AvgIpc) is 3.02. The first-order valence-electron chi connectivity index (χ1n) is 13.3. The smallest absolute Gasteiger partial charge is 0.0622 e. The summed E-state index contributed by atoms with van der Waals surface area (Å²) in [5, 5.41) is 0. The first-order chi connectivity index (χ1) is 18.9. The Balaban J connectivity index is 1.73. The number of hydrogen-bond donors (Lipinski definition) is 0. The lowest BCUT2D eigenvalue weighted by Gasteiger charge is -2.51. The maximum Gasteiger partial charge on any atom is 0.0708 e. The van der Waals surface area contributed by atoms with Crippen molar-refractivity contribution in [1.29, 1.82) is 0 Å². The second kappa shape index (κ2) is 9.01. The van der Waals surface area contributed by atoms with Gasteiger partial charge in [-0.3, -0.25) is 0 Å². The summed E-state index contributed by atoms with van der Waals surface area (Å²) in [6.45, 7) is 0. The molecule has 1 aliphatic rings. The molecule has 38 heavy (non-hydrogen) atoms. The molecule has 180 valence electrons. The maximum atomic E-state index is 2.35. The molecule has 0 fully saturated rings. The van der Waals surface area contributed by atoms with Crippen molar-refractivity contribution in [1.82, 2.24) is 0 Å². The minimum atomic E-state index is -0.456. The van der Waals surface area contributed by atoms with Crippen molar-refractivity contribution < 1.29 is 0 Å². The van der Waals surface area contributed by atoms with E-state index in [9.17, 15) is 0 Å². The molecular weight excluding hydrogens is 456 g/mol. The Labute approximate surface area is 224 Å². The van der Waals surface area contributed by atoms with E-state index >= 15 is 0 Å². The molecule has 0 radical (unpaired) electrons. The number of rotatable bonds is 4. The normalized spacial score (nSPS) is 14.7. The van der Waals surface area contributed by atoms with Crippen molar-refractivity contribution >= 4 is 0 Å². The molecule has 0 bridgehead atoms. The first kappa shape index (κ1) is 22.5. The number of hydrogen-bond acceptors (Lipinski definition) is 0. The Hall–Kier alpha value is -4.68. The second-order valence-electron chi connectivity index (χ2n) is 10.1. The molecule has 0 heterocycles. The summed E-state index contributed by atoms with van der Waals surface area (Å²) >= 11 is 0. The topological polar surface area (TPSA) is 0 Å². The Bertz CT molecular complexity index is 1420. The third kappa shape index (κ3) is 3.04. The van der Waals surface area contributed by atoms with Gasteiger partial charge in [0.1, 0.15) is 0 Å². The van der Waals surface area contributed by atoms with E-state index in [0.717, 1.165) is 0 Å². The Morgan fingerprint density at radius 3 is 0.605 bits per heavy atom. The molecule has 0 saturated carbocycles. The highest BCUT2D eigenvalue weighted by atomic mass is 14.5. The molecule has 0 nitrogen and oxygen atoms in total. The quantitative estimate of drug-likeness (QED) is 0.234. The molecule has 0 spiro atoms. The zero-order valence-corrected chi connectivity index (χ0v) is 21.2. The van der Waals surface area contributed by atoms with E-state index in [-0.39, 0.29) is 0 Å². The van der Waals surface area contributed by atoms with Crippen LogP contribution in [0.5, 0.6) is 0 Å². The van der Waals surface area contributed by atoms with E-state index in [0.29, 0.717) is 0 Å². The predicted molar refractivity (Wildman–Crippen MR) is 157 cm³/mol. The zero-order chi connectivity index (χ0) is 25.4. The van der Waals surface area contributed by atoms with Crippen molar-refractivity contribution in [2.24, 2.45) is 0 Å². The summed E-state index contributed by atoms with van der Waals surface area (Å²) in [4.78, 5) is 0. The van der Waals surface area contributed by atoms with Gasteiger partial charge in [-0.05, 0) is 44.5 Å². The fourth-order valence-electron chi connectivity index (χ4n) is 6.89. The molecular formula is C38H28. The van der Waals surface area contributed by atoms with Crippen LogP contribution < -0.4 is 0 Å². The lowest BCUT2D eigenvalue weighted by Crippen LogP contribution is -2.45. The van der Waals surface area contributed by atoms with Crippen LogP contribution in [0, 0.1) is 0 Å². The summed E-state index contributed by atoms with van der Waals surface area (Å²) in [6.07, 6.45) is 0. The Morgan fingerprint density at radius 1 is 0.211 bits per heavy atom. The van der Waals surface area contributed by atoms with Crippen molar-refractivity contribution in [3.63, 3.8) is 0 Å². The van der Waals surface area contributed by atoms with Gasteiger partial charge in [-0.2, -0.15) is 0 Å². The highest BCUT2D eigenvalue weighted by Crippen LogP contribution is 2.59. The lowest BCUT2D eigenvalue weighted by molar-refractivity contribution is 0.615. The fraction of sp³-hybridized carbons (Fsp3) is 0.0526. The van der Waals surface area contributed by atoms with Gasteiger partial charge in [0.2, 0.25) is 0 Å². The molecule has 0 amide bonds.